The van der Waals surface area contributed by atoms with Gasteiger partial charge < -0.3 is 4.74 Å². The van der Waals surface area contributed by atoms with E-state index in [0.29, 0.717) is 5.75 Å². The van der Waals surface area contributed by atoms with E-state index in [1.807, 2.05) is 0 Å². The number of rotatable bonds is 5. The SMILES string of the molecule is CCC(=O)CS(=O)(=O)c1cccc(OC)c1. The molecule has 0 aliphatic carbocycles. The van der Waals surface area contributed by atoms with Crippen LogP contribution >= 0.6 is 0 Å². The number of ether oxygens (including phenoxy) is 1. The van der Waals surface area contributed by atoms with Crippen LogP contribution in [0, 0.1) is 0 Å². The molecule has 0 heterocycles. The molecule has 1 aromatic rings. The largest absolute Gasteiger partial charge is 0.497 e. The van der Waals surface area contributed by atoms with Crippen LogP contribution < -0.4 is 4.74 Å². The average Bonchev–Trinajstić information content (AvgIpc) is 2.28. The van der Waals surface area contributed by atoms with Crippen molar-refractivity contribution in [2.45, 2.75) is 18.2 Å². The maximum Gasteiger partial charge on any atom is 0.185 e. The zero-order valence-corrected chi connectivity index (χ0v) is 10.1. The first-order valence-electron chi connectivity index (χ1n) is 4.88. The zero-order valence-electron chi connectivity index (χ0n) is 9.26. The van der Waals surface area contributed by atoms with Crippen LogP contribution in [0.25, 0.3) is 0 Å². The van der Waals surface area contributed by atoms with Crippen molar-refractivity contribution in [1.29, 1.82) is 0 Å². The van der Waals surface area contributed by atoms with E-state index in [9.17, 15) is 13.2 Å². The van der Waals surface area contributed by atoms with Crippen LogP contribution in [0.2, 0.25) is 0 Å². The van der Waals surface area contributed by atoms with Gasteiger partial charge in [0.2, 0.25) is 0 Å². The standard InChI is InChI=1S/C11H14O4S/c1-3-9(12)8-16(13,14)11-6-4-5-10(7-11)15-2/h4-7H,3,8H2,1-2H3. The average molecular weight is 242 g/mol. The highest BCUT2D eigenvalue weighted by molar-refractivity contribution is 7.92. The Labute approximate surface area is 95.2 Å². The lowest BCUT2D eigenvalue weighted by Gasteiger charge is -2.05. The smallest absolute Gasteiger partial charge is 0.185 e. The predicted molar refractivity (Wildman–Crippen MR) is 60.3 cm³/mol. The second kappa shape index (κ2) is 5.12. The lowest BCUT2D eigenvalue weighted by molar-refractivity contribution is -0.116. The Balaban J connectivity index is 3.02. The fourth-order valence-corrected chi connectivity index (χ4v) is 2.57. The molecule has 0 saturated carbocycles. The molecule has 0 saturated heterocycles. The first-order chi connectivity index (χ1) is 7.49. The minimum absolute atomic E-state index is 0.119. The van der Waals surface area contributed by atoms with Crippen LogP contribution in [-0.4, -0.2) is 27.1 Å². The van der Waals surface area contributed by atoms with Crippen LogP contribution in [0.15, 0.2) is 29.2 Å². The highest BCUT2D eigenvalue weighted by Crippen LogP contribution is 2.18. The van der Waals surface area contributed by atoms with Gasteiger partial charge in [-0.25, -0.2) is 8.42 Å². The Morgan fingerprint density at radius 2 is 2.06 bits per heavy atom. The number of benzene rings is 1. The van der Waals surface area contributed by atoms with Crippen LogP contribution in [0.3, 0.4) is 0 Å². The summed E-state index contributed by atoms with van der Waals surface area (Å²) < 4.78 is 28.5. The molecule has 5 heteroatoms. The molecule has 0 aliphatic rings. The Hall–Kier alpha value is -1.36. The Morgan fingerprint density at radius 1 is 1.38 bits per heavy atom. The number of sulfone groups is 1. The molecule has 16 heavy (non-hydrogen) atoms. The van der Waals surface area contributed by atoms with Gasteiger partial charge in [-0.2, -0.15) is 0 Å². The van der Waals surface area contributed by atoms with Gasteiger partial charge in [-0.05, 0) is 18.2 Å². The minimum atomic E-state index is -3.53. The molecule has 1 rings (SSSR count). The van der Waals surface area contributed by atoms with E-state index >= 15 is 0 Å². The molecular weight excluding hydrogens is 228 g/mol. The summed E-state index contributed by atoms with van der Waals surface area (Å²) in [4.78, 5) is 11.3. The normalized spacial score (nSPS) is 11.1. The van der Waals surface area contributed by atoms with Gasteiger partial charge in [-0.15, -0.1) is 0 Å². The molecule has 0 atom stereocenters. The van der Waals surface area contributed by atoms with Crippen molar-refractivity contribution in [3.8, 4) is 5.75 Å². The van der Waals surface area contributed by atoms with Gasteiger partial charge in [-0.1, -0.05) is 13.0 Å². The number of carbonyl (C=O) groups is 1. The van der Waals surface area contributed by atoms with Crippen molar-refractivity contribution in [2.24, 2.45) is 0 Å². The van der Waals surface area contributed by atoms with Crippen molar-refractivity contribution in [3.63, 3.8) is 0 Å². The molecule has 0 fully saturated rings. The maximum atomic E-state index is 11.8. The van der Waals surface area contributed by atoms with Crippen molar-refractivity contribution < 1.29 is 17.9 Å². The molecule has 1 aromatic carbocycles. The van der Waals surface area contributed by atoms with Crippen LogP contribution in [0.4, 0.5) is 0 Å². The van der Waals surface area contributed by atoms with Gasteiger partial charge in [0.15, 0.2) is 9.84 Å². The molecule has 0 N–H and O–H groups in total. The Kier molecular flexibility index (Phi) is 4.06. The number of hydrogen-bond acceptors (Lipinski definition) is 4. The number of Topliss-reactive ketones (excluding diaryl/α,β-unsaturated/α-hetero) is 1. The molecule has 0 aliphatic heterocycles. The van der Waals surface area contributed by atoms with Gasteiger partial charge in [0.25, 0.3) is 0 Å². The summed E-state index contributed by atoms with van der Waals surface area (Å²) >= 11 is 0. The van der Waals surface area contributed by atoms with Crippen molar-refractivity contribution >= 4 is 15.6 Å². The molecule has 0 unspecified atom stereocenters. The molecule has 0 radical (unpaired) electrons. The third-order valence-electron chi connectivity index (χ3n) is 2.15. The van der Waals surface area contributed by atoms with Gasteiger partial charge in [0.05, 0.1) is 12.0 Å². The van der Waals surface area contributed by atoms with Gasteiger partial charge >= 0.3 is 0 Å². The third-order valence-corrected chi connectivity index (χ3v) is 3.82. The first-order valence-corrected chi connectivity index (χ1v) is 6.53. The van der Waals surface area contributed by atoms with E-state index in [1.54, 1.807) is 19.1 Å². The number of hydrogen-bond donors (Lipinski definition) is 0. The molecular formula is C11H14O4S. The second-order valence-corrected chi connectivity index (χ2v) is 5.32. The van der Waals surface area contributed by atoms with Crippen LogP contribution in [0.5, 0.6) is 5.75 Å². The highest BCUT2D eigenvalue weighted by Gasteiger charge is 2.18. The van der Waals surface area contributed by atoms with E-state index in [1.165, 1.54) is 19.2 Å². The number of ketones is 1. The molecule has 4 nitrogen and oxygen atoms in total. The predicted octanol–water partition coefficient (Wildman–Crippen LogP) is 1.45. The van der Waals surface area contributed by atoms with Crippen LogP contribution in [0.1, 0.15) is 13.3 Å². The highest BCUT2D eigenvalue weighted by atomic mass is 32.2. The van der Waals surface area contributed by atoms with Crippen molar-refractivity contribution in [3.05, 3.63) is 24.3 Å². The molecule has 0 spiro atoms. The number of methoxy groups -OCH3 is 1. The summed E-state index contributed by atoms with van der Waals surface area (Å²) in [5.74, 6) is -0.274. The Morgan fingerprint density at radius 3 is 2.62 bits per heavy atom. The monoisotopic (exact) mass is 242 g/mol. The lowest BCUT2D eigenvalue weighted by atomic mass is 10.3. The Bertz CT molecular complexity index is 477. The van der Waals surface area contributed by atoms with E-state index in [4.69, 9.17) is 4.74 Å². The zero-order chi connectivity index (χ0) is 12.2. The molecule has 0 aromatic heterocycles. The lowest BCUT2D eigenvalue weighted by Crippen LogP contribution is -2.15. The van der Waals surface area contributed by atoms with E-state index in [0.717, 1.165) is 0 Å². The summed E-state index contributed by atoms with van der Waals surface area (Å²) in [7, 11) is -2.07. The van der Waals surface area contributed by atoms with Crippen molar-refractivity contribution in [2.75, 3.05) is 12.9 Å². The third kappa shape index (κ3) is 3.06. The summed E-state index contributed by atoms with van der Waals surface area (Å²) in [5, 5.41) is 0. The second-order valence-electron chi connectivity index (χ2n) is 3.33. The van der Waals surface area contributed by atoms with Crippen molar-refractivity contribution in [1.82, 2.24) is 0 Å². The van der Waals surface area contributed by atoms with Gasteiger partial charge in [0, 0.05) is 6.42 Å². The summed E-state index contributed by atoms with van der Waals surface area (Å²) in [6, 6.07) is 6.11. The van der Waals surface area contributed by atoms with E-state index < -0.39 is 15.6 Å². The maximum absolute atomic E-state index is 11.8. The van der Waals surface area contributed by atoms with Crippen LogP contribution in [-0.2, 0) is 14.6 Å². The fourth-order valence-electron chi connectivity index (χ4n) is 1.19. The molecule has 88 valence electrons. The summed E-state index contributed by atoms with van der Waals surface area (Å²) in [6.45, 7) is 1.64. The minimum Gasteiger partial charge on any atom is -0.497 e. The fraction of sp³-hybridized carbons (Fsp3) is 0.364. The summed E-state index contributed by atoms with van der Waals surface area (Å²) in [5.41, 5.74) is 0. The van der Waals surface area contributed by atoms with E-state index in [-0.39, 0.29) is 17.1 Å². The quantitative estimate of drug-likeness (QED) is 0.784. The number of carbonyl (C=O) groups excluding carboxylic acids is 1. The van der Waals surface area contributed by atoms with Gasteiger partial charge in [-0.3, -0.25) is 4.79 Å². The molecule has 0 amide bonds. The van der Waals surface area contributed by atoms with E-state index in [2.05, 4.69) is 0 Å². The topological polar surface area (TPSA) is 60.4 Å². The molecule has 0 bridgehead atoms. The first kappa shape index (κ1) is 12.7. The van der Waals surface area contributed by atoms with Gasteiger partial charge in [0.1, 0.15) is 17.3 Å². The summed E-state index contributed by atoms with van der Waals surface area (Å²) in [6.07, 6.45) is 0.225.